The third-order valence-corrected chi connectivity index (χ3v) is 4.47. The maximum absolute atomic E-state index is 13.2. The standard InChI is InChI=1S/C17H13ClFN3O/c18-11-3-1-2-10(8-11)17(6-7-17)15(23)22-16-20-13-5-4-12(19)9-14(13)21-16/h1-5,8-9H,6-7H2,(H2,20,21,22,23). The summed E-state index contributed by atoms with van der Waals surface area (Å²) < 4.78 is 13.2. The largest absolute Gasteiger partial charge is 0.324 e. The minimum absolute atomic E-state index is 0.126. The SMILES string of the molecule is O=C(Nc1nc2ccc(F)cc2[nH]1)C1(c2cccc(Cl)c2)CC1. The molecule has 23 heavy (non-hydrogen) atoms. The van der Waals surface area contributed by atoms with E-state index in [0.717, 1.165) is 18.4 Å². The third kappa shape index (κ3) is 2.47. The van der Waals surface area contributed by atoms with Gasteiger partial charge in [-0.25, -0.2) is 9.37 Å². The fourth-order valence-corrected chi connectivity index (χ4v) is 3.02. The molecule has 0 saturated heterocycles. The number of hydrogen-bond donors (Lipinski definition) is 2. The minimum atomic E-state index is -0.547. The Bertz CT molecular complexity index is 917. The average molecular weight is 330 g/mol. The Kier molecular flexibility index (Phi) is 3.13. The number of hydrogen-bond acceptors (Lipinski definition) is 2. The Morgan fingerprint density at radius 2 is 2.09 bits per heavy atom. The molecular formula is C17H13ClFN3O. The summed E-state index contributed by atoms with van der Waals surface area (Å²) in [4.78, 5) is 19.9. The molecule has 3 aromatic rings. The summed E-state index contributed by atoms with van der Waals surface area (Å²) in [7, 11) is 0. The van der Waals surface area contributed by atoms with Crippen molar-refractivity contribution in [2.24, 2.45) is 0 Å². The van der Waals surface area contributed by atoms with E-state index in [0.29, 0.717) is 22.0 Å². The predicted molar refractivity (Wildman–Crippen MR) is 87.0 cm³/mol. The Morgan fingerprint density at radius 1 is 1.26 bits per heavy atom. The van der Waals surface area contributed by atoms with E-state index in [1.807, 2.05) is 18.2 Å². The second-order valence-electron chi connectivity index (χ2n) is 5.79. The monoisotopic (exact) mass is 329 g/mol. The summed E-state index contributed by atoms with van der Waals surface area (Å²) in [6.45, 7) is 0. The zero-order valence-electron chi connectivity index (χ0n) is 12.1. The molecule has 0 bridgehead atoms. The number of imidazole rings is 1. The number of amides is 1. The number of nitrogens with one attached hydrogen (secondary N) is 2. The van der Waals surface area contributed by atoms with E-state index in [9.17, 15) is 9.18 Å². The number of anilines is 1. The lowest BCUT2D eigenvalue weighted by atomic mass is 9.95. The molecule has 0 spiro atoms. The highest BCUT2D eigenvalue weighted by Gasteiger charge is 2.51. The van der Waals surface area contributed by atoms with E-state index in [4.69, 9.17) is 11.6 Å². The molecule has 1 aliphatic rings. The van der Waals surface area contributed by atoms with Crippen LogP contribution in [0, 0.1) is 5.82 Å². The fourth-order valence-electron chi connectivity index (χ4n) is 2.83. The molecule has 2 N–H and O–H groups in total. The van der Waals surface area contributed by atoms with E-state index in [-0.39, 0.29) is 11.7 Å². The van der Waals surface area contributed by atoms with Gasteiger partial charge in [-0.3, -0.25) is 10.1 Å². The summed E-state index contributed by atoms with van der Waals surface area (Å²) in [6.07, 6.45) is 1.54. The number of carbonyl (C=O) groups is 1. The third-order valence-electron chi connectivity index (χ3n) is 4.24. The predicted octanol–water partition coefficient (Wildman–Crippen LogP) is 4.03. The first-order valence-corrected chi connectivity index (χ1v) is 7.67. The molecule has 1 aromatic heterocycles. The molecule has 0 radical (unpaired) electrons. The molecule has 0 atom stereocenters. The zero-order chi connectivity index (χ0) is 16.0. The van der Waals surface area contributed by atoms with Gasteiger partial charge in [0.25, 0.3) is 0 Å². The molecule has 1 saturated carbocycles. The van der Waals surface area contributed by atoms with Crippen molar-refractivity contribution in [1.82, 2.24) is 9.97 Å². The number of aromatic nitrogens is 2. The van der Waals surface area contributed by atoms with Gasteiger partial charge in [-0.2, -0.15) is 0 Å². The van der Waals surface area contributed by atoms with Crippen molar-refractivity contribution in [2.75, 3.05) is 5.32 Å². The summed E-state index contributed by atoms with van der Waals surface area (Å²) >= 11 is 6.03. The van der Waals surface area contributed by atoms with Crippen LogP contribution in [0.2, 0.25) is 5.02 Å². The van der Waals surface area contributed by atoms with Crippen LogP contribution in [0.4, 0.5) is 10.3 Å². The van der Waals surface area contributed by atoms with E-state index < -0.39 is 5.41 Å². The van der Waals surface area contributed by atoms with Gasteiger partial charge in [0.15, 0.2) is 0 Å². The van der Waals surface area contributed by atoms with Crippen molar-refractivity contribution < 1.29 is 9.18 Å². The highest BCUT2D eigenvalue weighted by Crippen LogP contribution is 2.49. The van der Waals surface area contributed by atoms with E-state index in [1.54, 1.807) is 12.1 Å². The van der Waals surface area contributed by atoms with Gasteiger partial charge in [0.2, 0.25) is 11.9 Å². The molecule has 1 aliphatic carbocycles. The minimum Gasteiger partial charge on any atom is -0.324 e. The molecule has 6 heteroatoms. The highest BCUT2D eigenvalue weighted by atomic mass is 35.5. The van der Waals surface area contributed by atoms with Gasteiger partial charge in [-0.05, 0) is 48.7 Å². The Balaban J connectivity index is 1.61. The van der Waals surface area contributed by atoms with Gasteiger partial charge in [0, 0.05) is 5.02 Å². The average Bonchev–Trinajstić information content (AvgIpc) is 3.24. The van der Waals surface area contributed by atoms with Crippen LogP contribution in [0.15, 0.2) is 42.5 Å². The van der Waals surface area contributed by atoms with E-state index >= 15 is 0 Å². The van der Waals surface area contributed by atoms with Crippen LogP contribution in [0.25, 0.3) is 11.0 Å². The van der Waals surface area contributed by atoms with Crippen LogP contribution in [0.5, 0.6) is 0 Å². The van der Waals surface area contributed by atoms with Crippen LogP contribution in [0.1, 0.15) is 18.4 Å². The number of benzene rings is 2. The lowest BCUT2D eigenvalue weighted by molar-refractivity contribution is -0.118. The topological polar surface area (TPSA) is 57.8 Å². The van der Waals surface area contributed by atoms with Crippen molar-refractivity contribution in [1.29, 1.82) is 0 Å². The number of H-pyrrole nitrogens is 1. The van der Waals surface area contributed by atoms with Gasteiger partial charge in [0.1, 0.15) is 5.82 Å². The Labute approximate surface area is 136 Å². The first kappa shape index (κ1) is 14.2. The van der Waals surface area contributed by atoms with Crippen molar-refractivity contribution in [3.8, 4) is 0 Å². The fraction of sp³-hybridized carbons (Fsp3) is 0.176. The van der Waals surface area contributed by atoms with Crippen LogP contribution in [-0.4, -0.2) is 15.9 Å². The lowest BCUT2D eigenvalue weighted by Crippen LogP contribution is -2.28. The molecule has 4 rings (SSSR count). The summed E-state index contributed by atoms with van der Waals surface area (Å²) in [5, 5.41) is 3.41. The van der Waals surface area contributed by atoms with Gasteiger partial charge >= 0.3 is 0 Å². The number of fused-ring (bicyclic) bond motifs is 1. The van der Waals surface area contributed by atoms with Gasteiger partial charge in [-0.15, -0.1) is 0 Å². The van der Waals surface area contributed by atoms with Crippen LogP contribution in [0.3, 0.4) is 0 Å². The first-order chi connectivity index (χ1) is 11.1. The molecule has 1 fully saturated rings. The molecule has 2 aromatic carbocycles. The number of carbonyl (C=O) groups excluding carboxylic acids is 1. The van der Waals surface area contributed by atoms with Crippen molar-refractivity contribution in [3.63, 3.8) is 0 Å². The molecule has 1 heterocycles. The van der Waals surface area contributed by atoms with Crippen molar-refractivity contribution in [2.45, 2.75) is 18.3 Å². The highest BCUT2D eigenvalue weighted by molar-refractivity contribution is 6.30. The number of aromatic amines is 1. The number of halogens is 2. The molecule has 0 unspecified atom stereocenters. The maximum atomic E-state index is 13.2. The van der Waals surface area contributed by atoms with E-state index in [2.05, 4.69) is 15.3 Å². The lowest BCUT2D eigenvalue weighted by Gasteiger charge is -2.14. The molecule has 4 nitrogen and oxygen atoms in total. The zero-order valence-corrected chi connectivity index (χ0v) is 12.8. The number of rotatable bonds is 3. The quantitative estimate of drug-likeness (QED) is 0.762. The Morgan fingerprint density at radius 3 is 2.83 bits per heavy atom. The Hall–Kier alpha value is -2.40. The van der Waals surface area contributed by atoms with Gasteiger partial charge in [-0.1, -0.05) is 23.7 Å². The first-order valence-electron chi connectivity index (χ1n) is 7.30. The molecular weight excluding hydrogens is 317 g/mol. The summed E-state index contributed by atoms with van der Waals surface area (Å²) in [5.74, 6) is -0.153. The van der Waals surface area contributed by atoms with Gasteiger partial charge < -0.3 is 4.98 Å². The molecule has 1 amide bonds. The van der Waals surface area contributed by atoms with Crippen LogP contribution in [-0.2, 0) is 10.2 Å². The molecule has 116 valence electrons. The number of nitrogens with zero attached hydrogens (tertiary/aromatic N) is 1. The maximum Gasteiger partial charge on any atom is 0.237 e. The van der Waals surface area contributed by atoms with Crippen molar-refractivity contribution >= 4 is 34.5 Å². The van der Waals surface area contributed by atoms with E-state index in [1.165, 1.54) is 12.1 Å². The van der Waals surface area contributed by atoms with Crippen molar-refractivity contribution in [3.05, 3.63) is 58.9 Å². The van der Waals surface area contributed by atoms with Gasteiger partial charge in [0.05, 0.1) is 16.4 Å². The van der Waals surface area contributed by atoms with Crippen LogP contribution < -0.4 is 5.32 Å². The smallest absolute Gasteiger partial charge is 0.237 e. The van der Waals surface area contributed by atoms with Crippen LogP contribution >= 0.6 is 11.6 Å². The second kappa shape index (κ2) is 5.06. The molecule has 0 aliphatic heterocycles. The second-order valence-corrected chi connectivity index (χ2v) is 6.23. The summed E-state index contributed by atoms with van der Waals surface area (Å²) in [6, 6.07) is 11.6. The summed E-state index contributed by atoms with van der Waals surface area (Å²) in [5.41, 5.74) is 1.52. The normalized spacial score (nSPS) is 15.6.